The molecule has 4 aromatic rings. The molecule has 202 valence electrons. The van der Waals surface area contributed by atoms with Crippen LogP contribution in [0.15, 0.2) is 29.2 Å². The summed E-state index contributed by atoms with van der Waals surface area (Å²) in [6, 6.07) is 1.75. The zero-order valence-corrected chi connectivity index (χ0v) is 20.1. The molecule has 0 bridgehead atoms. The largest absolute Gasteiger partial charge is 0.494 e. The van der Waals surface area contributed by atoms with Gasteiger partial charge in [-0.1, -0.05) is 0 Å². The van der Waals surface area contributed by atoms with Crippen LogP contribution in [-0.2, 0) is 6.54 Å². The zero-order valence-electron chi connectivity index (χ0n) is 20.1. The van der Waals surface area contributed by atoms with E-state index in [2.05, 4.69) is 19.9 Å². The van der Waals surface area contributed by atoms with Gasteiger partial charge in [-0.25, -0.2) is 32.5 Å². The Kier molecular flexibility index (Phi) is 6.56. The van der Waals surface area contributed by atoms with Crippen molar-refractivity contribution < 1.29 is 31.8 Å². The van der Waals surface area contributed by atoms with Crippen LogP contribution in [0.5, 0.6) is 5.75 Å². The molecule has 15 heteroatoms. The third kappa shape index (κ3) is 4.47. The number of ether oxygens (including phenoxy) is 1. The summed E-state index contributed by atoms with van der Waals surface area (Å²) < 4.78 is 68.4. The smallest absolute Gasteiger partial charge is 0.265 e. The minimum absolute atomic E-state index is 0.0268. The standard InChI is InChI=1S/C23H24F4N8O3/c1-37-14-6-12(24)11(5-13(14)25)22-33-20(34-4-2-3-23(29,8-34)17(36)18(26)27)15(38-22)7-35-10-32-16-19(28)30-9-31-21(16)35/h5-6,9-10,17-18,36H,2-4,7-8,29H2,1H3,(H2,28,30,31)/t17-,23-/m1/s1. The summed E-state index contributed by atoms with van der Waals surface area (Å²) in [5.41, 5.74) is 10.9. The van der Waals surface area contributed by atoms with Crippen LogP contribution in [0.2, 0.25) is 0 Å². The van der Waals surface area contributed by atoms with Crippen molar-refractivity contribution in [3.05, 3.63) is 42.2 Å². The van der Waals surface area contributed by atoms with E-state index in [0.717, 1.165) is 12.1 Å². The number of nitrogens with two attached hydrogens (primary N) is 2. The van der Waals surface area contributed by atoms with Gasteiger partial charge in [0.15, 0.2) is 34.6 Å². The molecule has 38 heavy (non-hydrogen) atoms. The number of piperidine rings is 1. The number of fused-ring (bicyclic) bond motifs is 1. The molecule has 0 spiro atoms. The Morgan fingerprint density at radius 3 is 2.74 bits per heavy atom. The number of halogens is 4. The molecule has 11 nitrogen and oxygen atoms in total. The Hall–Kier alpha value is -3.98. The number of methoxy groups -OCH3 is 1. The minimum Gasteiger partial charge on any atom is -0.494 e. The number of aliphatic hydroxyl groups is 1. The maximum absolute atomic E-state index is 14.9. The summed E-state index contributed by atoms with van der Waals surface area (Å²) in [6.07, 6.45) is -1.91. The van der Waals surface area contributed by atoms with Gasteiger partial charge in [-0.2, -0.15) is 4.98 Å². The Balaban J connectivity index is 1.59. The number of hydrogen-bond donors (Lipinski definition) is 3. The quantitative estimate of drug-likeness (QED) is 0.300. The number of alkyl halides is 2. The molecule has 1 fully saturated rings. The molecule has 5 rings (SSSR count). The van der Waals surface area contributed by atoms with Crippen molar-refractivity contribution in [3.8, 4) is 17.2 Å². The lowest BCUT2D eigenvalue weighted by Crippen LogP contribution is -2.63. The second kappa shape index (κ2) is 9.72. The number of hydrogen-bond acceptors (Lipinski definition) is 10. The summed E-state index contributed by atoms with van der Waals surface area (Å²) in [4.78, 5) is 18.3. The van der Waals surface area contributed by atoms with Crippen LogP contribution in [0, 0.1) is 11.6 Å². The molecule has 0 saturated carbocycles. The van der Waals surface area contributed by atoms with Gasteiger partial charge in [0.25, 0.3) is 6.43 Å². The second-order valence-electron chi connectivity index (χ2n) is 9.07. The summed E-state index contributed by atoms with van der Waals surface area (Å²) >= 11 is 0. The van der Waals surface area contributed by atoms with Gasteiger partial charge in [0, 0.05) is 19.2 Å². The third-order valence-corrected chi connectivity index (χ3v) is 6.57. The van der Waals surface area contributed by atoms with Gasteiger partial charge in [-0.15, -0.1) is 0 Å². The first kappa shape index (κ1) is 25.7. The molecule has 5 N–H and O–H groups in total. The van der Waals surface area contributed by atoms with Crippen LogP contribution >= 0.6 is 0 Å². The maximum atomic E-state index is 14.9. The van der Waals surface area contributed by atoms with Crippen molar-refractivity contribution in [1.82, 2.24) is 24.5 Å². The molecule has 0 amide bonds. The molecule has 1 saturated heterocycles. The molecular weight excluding hydrogens is 512 g/mol. The number of oxazole rings is 1. The van der Waals surface area contributed by atoms with Gasteiger partial charge in [0.05, 0.1) is 31.1 Å². The lowest BCUT2D eigenvalue weighted by atomic mass is 9.84. The summed E-state index contributed by atoms with van der Waals surface area (Å²) in [7, 11) is 1.20. The average Bonchev–Trinajstić information content (AvgIpc) is 3.50. The van der Waals surface area contributed by atoms with Crippen molar-refractivity contribution in [3.63, 3.8) is 0 Å². The van der Waals surface area contributed by atoms with Crippen molar-refractivity contribution in [2.75, 3.05) is 30.8 Å². The molecular formula is C23H24F4N8O3. The highest BCUT2D eigenvalue weighted by Crippen LogP contribution is 2.36. The van der Waals surface area contributed by atoms with Crippen molar-refractivity contribution in [1.29, 1.82) is 0 Å². The lowest BCUT2D eigenvalue weighted by molar-refractivity contribution is -0.0529. The highest BCUT2D eigenvalue weighted by molar-refractivity contribution is 5.81. The van der Waals surface area contributed by atoms with E-state index < -0.39 is 29.7 Å². The normalized spacial score (nSPS) is 18.9. The van der Waals surface area contributed by atoms with Crippen LogP contribution in [0.4, 0.5) is 29.2 Å². The number of imidazole rings is 1. The lowest BCUT2D eigenvalue weighted by Gasteiger charge is -2.42. The molecule has 1 aliphatic heterocycles. The summed E-state index contributed by atoms with van der Waals surface area (Å²) in [5.74, 6) is -1.75. The van der Waals surface area contributed by atoms with E-state index in [-0.39, 0.29) is 54.1 Å². The molecule has 3 aromatic heterocycles. The van der Waals surface area contributed by atoms with E-state index in [4.69, 9.17) is 20.6 Å². The van der Waals surface area contributed by atoms with Gasteiger partial charge in [0.1, 0.15) is 23.8 Å². The molecule has 4 heterocycles. The van der Waals surface area contributed by atoms with E-state index in [9.17, 15) is 22.7 Å². The monoisotopic (exact) mass is 536 g/mol. The van der Waals surface area contributed by atoms with E-state index in [1.807, 2.05) is 0 Å². The molecule has 2 atom stereocenters. The Labute approximate surface area is 213 Å². The first-order valence-electron chi connectivity index (χ1n) is 11.6. The molecule has 0 aliphatic carbocycles. The average molecular weight is 536 g/mol. The third-order valence-electron chi connectivity index (χ3n) is 6.57. The van der Waals surface area contributed by atoms with Crippen molar-refractivity contribution >= 4 is 22.8 Å². The van der Waals surface area contributed by atoms with Crippen molar-refractivity contribution in [2.45, 2.75) is 37.5 Å². The van der Waals surface area contributed by atoms with E-state index in [1.165, 1.54) is 19.8 Å². The van der Waals surface area contributed by atoms with Gasteiger partial charge >= 0.3 is 0 Å². The topological polar surface area (TPSA) is 154 Å². The van der Waals surface area contributed by atoms with E-state index in [0.29, 0.717) is 24.1 Å². The van der Waals surface area contributed by atoms with Gasteiger partial charge < -0.3 is 35.2 Å². The van der Waals surface area contributed by atoms with Gasteiger partial charge in [-0.3, -0.25) is 0 Å². The fourth-order valence-corrected chi connectivity index (χ4v) is 4.61. The maximum Gasteiger partial charge on any atom is 0.265 e. The predicted molar refractivity (Wildman–Crippen MR) is 128 cm³/mol. The summed E-state index contributed by atoms with van der Waals surface area (Å²) in [5, 5.41) is 10.1. The molecule has 0 unspecified atom stereocenters. The first-order valence-corrected chi connectivity index (χ1v) is 11.6. The van der Waals surface area contributed by atoms with Crippen LogP contribution in [0.3, 0.4) is 0 Å². The van der Waals surface area contributed by atoms with E-state index in [1.54, 1.807) is 9.47 Å². The zero-order chi connectivity index (χ0) is 27.2. The molecule has 1 aliphatic rings. The van der Waals surface area contributed by atoms with Gasteiger partial charge in [0.2, 0.25) is 5.89 Å². The van der Waals surface area contributed by atoms with Crippen molar-refractivity contribution in [2.24, 2.45) is 5.73 Å². The number of benzene rings is 1. The first-order chi connectivity index (χ1) is 18.1. The predicted octanol–water partition coefficient (Wildman–Crippen LogP) is 2.32. The Morgan fingerprint density at radius 1 is 1.21 bits per heavy atom. The number of aliphatic hydroxyl groups excluding tert-OH is 1. The highest BCUT2D eigenvalue weighted by Gasteiger charge is 2.44. The number of rotatable bonds is 7. The molecule has 1 aromatic carbocycles. The number of aromatic nitrogens is 5. The molecule has 0 radical (unpaired) electrons. The number of anilines is 2. The Morgan fingerprint density at radius 2 is 2.00 bits per heavy atom. The SMILES string of the molecule is COc1cc(F)c(-c2nc(N3CCC[C@](N)([C@H](O)C(F)F)C3)c(Cn3cnc4c(N)ncnc43)o2)cc1F. The fraction of sp³-hybridized carbons (Fsp3) is 0.391. The van der Waals surface area contributed by atoms with E-state index >= 15 is 0 Å². The minimum atomic E-state index is -3.05. The van der Waals surface area contributed by atoms with Gasteiger partial charge in [-0.05, 0) is 18.9 Å². The number of nitrogens with zero attached hydrogens (tertiary/aromatic N) is 6. The second-order valence-corrected chi connectivity index (χ2v) is 9.07. The van der Waals surface area contributed by atoms with Crippen LogP contribution in [0.25, 0.3) is 22.6 Å². The number of nitrogen functional groups attached to an aromatic ring is 1. The summed E-state index contributed by atoms with van der Waals surface area (Å²) in [6.45, 7) is 0.130. The van der Waals surface area contributed by atoms with Crippen LogP contribution < -0.4 is 21.1 Å². The fourth-order valence-electron chi connectivity index (χ4n) is 4.61. The highest BCUT2D eigenvalue weighted by atomic mass is 19.3. The Bertz CT molecular complexity index is 1480. The van der Waals surface area contributed by atoms with Crippen LogP contribution in [-0.4, -0.2) is 67.9 Å². The van der Waals surface area contributed by atoms with Crippen LogP contribution in [0.1, 0.15) is 18.6 Å².